The molecule has 1 aromatic rings. The average molecular weight is 326 g/mol. The molecule has 0 aliphatic carbocycles. The van der Waals surface area contributed by atoms with Crippen LogP contribution in [0.5, 0.6) is 0 Å². The summed E-state index contributed by atoms with van der Waals surface area (Å²) >= 11 is 0. The fourth-order valence-corrected chi connectivity index (χ4v) is 2.94. The molecular formula is C21H30N2O. The maximum Gasteiger partial charge on any atom is 0.132 e. The smallest absolute Gasteiger partial charge is 0.132 e. The molecule has 3 nitrogen and oxygen atoms in total. The van der Waals surface area contributed by atoms with E-state index in [0.29, 0.717) is 5.92 Å². The number of likely N-dealkylation sites (tertiary alicyclic amines) is 1. The highest BCUT2D eigenvalue weighted by Gasteiger charge is 2.23. The Hall–Kier alpha value is -1.87. The highest BCUT2D eigenvalue weighted by Crippen LogP contribution is 2.23. The van der Waals surface area contributed by atoms with E-state index < -0.39 is 0 Å². The lowest BCUT2D eigenvalue weighted by molar-refractivity contribution is 0.189. The van der Waals surface area contributed by atoms with Gasteiger partial charge >= 0.3 is 0 Å². The molecule has 1 unspecified atom stereocenters. The van der Waals surface area contributed by atoms with Crippen molar-refractivity contribution >= 4 is 11.3 Å². The molecule has 0 N–H and O–H groups in total. The minimum Gasteiger partial charge on any atom is -0.361 e. The molecule has 1 atom stereocenters. The van der Waals surface area contributed by atoms with Crippen molar-refractivity contribution in [1.82, 2.24) is 4.90 Å². The molecule has 1 saturated heterocycles. The van der Waals surface area contributed by atoms with Gasteiger partial charge in [0.2, 0.25) is 0 Å². The minimum atomic E-state index is 0.290. The average Bonchev–Trinajstić information content (AvgIpc) is 3.01. The maximum atomic E-state index is 5.71. The lowest BCUT2D eigenvalue weighted by atomic mass is 9.97. The Morgan fingerprint density at radius 2 is 1.92 bits per heavy atom. The molecule has 0 aromatic heterocycles. The Labute approximate surface area is 146 Å². The van der Waals surface area contributed by atoms with Gasteiger partial charge in [-0.3, -0.25) is 0 Å². The third-order valence-corrected chi connectivity index (χ3v) is 4.72. The molecule has 1 aliphatic rings. The summed E-state index contributed by atoms with van der Waals surface area (Å²) in [6.07, 6.45) is 3.22. The molecule has 0 saturated carbocycles. The first kappa shape index (κ1) is 18.5. The Morgan fingerprint density at radius 3 is 2.42 bits per heavy atom. The van der Waals surface area contributed by atoms with E-state index in [1.807, 2.05) is 0 Å². The maximum absolute atomic E-state index is 5.71. The normalized spacial score (nSPS) is 19.8. The summed E-state index contributed by atoms with van der Waals surface area (Å²) in [7, 11) is 2.13. The summed E-state index contributed by atoms with van der Waals surface area (Å²) in [5.74, 6) is 1.45. The van der Waals surface area contributed by atoms with Crippen LogP contribution in [0.3, 0.4) is 0 Å². The molecular weight excluding hydrogens is 296 g/mol. The molecule has 1 fully saturated rings. The first-order valence-corrected chi connectivity index (χ1v) is 8.78. The summed E-state index contributed by atoms with van der Waals surface area (Å²) in [5.41, 5.74) is 4.59. The van der Waals surface area contributed by atoms with Crippen molar-refractivity contribution in [3.05, 3.63) is 53.8 Å². The van der Waals surface area contributed by atoms with Gasteiger partial charge in [-0.1, -0.05) is 55.9 Å². The van der Waals surface area contributed by atoms with Crippen LogP contribution in [-0.2, 0) is 4.84 Å². The number of allylic oxidation sites excluding steroid dienone is 2. The monoisotopic (exact) mass is 326 g/mol. The van der Waals surface area contributed by atoms with Crippen LogP contribution in [-0.4, -0.2) is 30.7 Å². The van der Waals surface area contributed by atoms with Gasteiger partial charge in [0.05, 0.1) is 5.71 Å². The zero-order chi connectivity index (χ0) is 17.7. The molecule has 0 spiro atoms. The topological polar surface area (TPSA) is 24.8 Å². The van der Waals surface area contributed by atoms with Gasteiger partial charge in [0, 0.05) is 12.5 Å². The van der Waals surface area contributed by atoms with Crippen molar-refractivity contribution in [2.75, 3.05) is 20.1 Å². The molecule has 24 heavy (non-hydrogen) atoms. The van der Waals surface area contributed by atoms with Gasteiger partial charge in [0.15, 0.2) is 0 Å². The summed E-state index contributed by atoms with van der Waals surface area (Å²) < 4.78 is 0. The van der Waals surface area contributed by atoms with Gasteiger partial charge in [0.25, 0.3) is 0 Å². The summed E-state index contributed by atoms with van der Waals surface area (Å²) in [6, 6.07) is 8.53. The molecule has 1 aromatic carbocycles. The number of hydrogen-bond acceptors (Lipinski definition) is 3. The van der Waals surface area contributed by atoms with E-state index in [2.05, 4.69) is 81.7 Å². The fourth-order valence-electron chi connectivity index (χ4n) is 2.94. The number of rotatable bonds is 6. The van der Waals surface area contributed by atoms with E-state index in [1.165, 1.54) is 11.1 Å². The zero-order valence-electron chi connectivity index (χ0n) is 15.7. The molecule has 0 amide bonds. The third kappa shape index (κ3) is 4.57. The number of benzene rings is 1. The van der Waals surface area contributed by atoms with Crippen molar-refractivity contribution in [2.24, 2.45) is 17.0 Å². The van der Waals surface area contributed by atoms with E-state index in [1.54, 1.807) is 0 Å². The third-order valence-electron chi connectivity index (χ3n) is 4.72. The van der Waals surface area contributed by atoms with Crippen LogP contribution in [0.15, 0.2) is 47.8 Å². The van der Waals surface area contributed by atoms with Crippen molar-refractivity contribution in [3.63, 3.8) is 0 Å². The van der Waals surface area contributed by atoms with Crippen LogP contribution in [0.2, 0.25) is 0 Å². The quantitative estimate of drug-likeness (QED) is 0.420. The van der Waals surface area contributed by atoms with E-state index >= 15 is 0 Å². The Morgan fingerprint density at radius 1 is 1.29 bits per heavy atom. The molecule has 0 bridgehead atoms. The van der Waals surface area contributed by atoms with Gasteiger partial charge in [-0.2, -0.15) is 0 Å². The predicted octanol–water partition coefficient (Wildman–Crippen LogP) is 4.95. The van der Waals surface area contributed by atoms with Gasteiger partial charge in [0.1, 0.15) is 5.76 Å². The lowest BCUT2D eigenvalue weighted by Gasteiger charge is -2.14. The fraction of sp³-hybridized carbons (Fsp3) is 0.476. The van der Waals surface area contributed by atoms with Crippen LogP contribution < -0.4 is 0 Å². The highest BCUT2D eigenvalue weighted by molar-refractivity contribution is 6.01. The largest absolute Gasteiger partial charge is 0.361 e. The molecule has 3 heteroatoms. The molecule has 2 rings (SSSR count). The predicted molar refractivity (Wildman–Crippen MR) is 103 cm³/mol. The first-order chi connectivity index (χ1) is 11.4. The van der Waals surface area contributed by atoms with Crippen LogP contribution >= 0.6 is 0 Å². The van der Waals surface area contributed by atoms with E-state index in [4.69, 9.17) is 4.84 Å². The summed E-state index contributed by atoms with van der Waals surface area (Å²) in [6.45, 7) is 14.6. The lowest BCUT2D eigenvalue weighted by Crippen LogP contribution is -2.15. The SMILES string of the molecule is C=C(O/N=C(/c1ccc(/C(C)=C/C)cc1)C(C)C)C1CCN(C)C1. The molecule has 1 aliphatic heterocycles. The summed E-state index contributed by atoms with van der Waals surface area (Å²) in [5, 5.41) is 4.44. The Kier molecular flexibility index (Phi) is 6.38. The van der Waals surface area contributed by atoms with Gasteiger partial charge in [-0.15, -0.1) is 0 Å². The van der Waals surface area contributed by atoms with Gasteiger partial charge in [-0.25, -0.2) is 0 Å². The van der Waals surface area contributed by atoms with Crippen LogP contribution in [0.1, 0.15) is 45.2 Å². The second-order valence-electron chi connectivity index (χ2n) is 6.99. The van der Waals surface area contributed by atoms with Gasteiger partial charge < -0.3 is 9.74 Å². The molecule has 130 valence electrons. The second kappa shape index (κ2) is 8.29. The number of hydrogen-bond donors (Lipinski definition) is 0. The Balaban J connectivity index is 2.12. The molecule has 0 radical (unpaired) electrons. The van der Waals surface area contributed by atoms with Crippen molar-refractivity contribution in [2.45, 2.75) is 34.1 Å². The molecule has 1 heterocycles. The summed E-state index contributed by atoms with van der Waals surface area (Å²) in [4.78, 5) is 8.01. The van der Waals surface area contributed by atoms with Crippen molar-refractivity contribution < 1.29 is 4.84 Å². The van der Waals surface area contributed by atoms with Crippen LogP contribution in [0.25, 0.3) is 5.57 Å². The van der Waals surface area contributed by atoms with Gasteiger partial charge in [-0.05, 0) is 56.5 Å². The Bertz CT molecular complexity index is 626. The van der Waals surface area contributed by atoms with Crippen LogP contribution in [0.4, 0.5) is 0 Å². The van der Waals surface area contributed by atoms with E-state index in [9.17, 15) is 0 Å². The number of nitrogens with zero attached hydrogens (tertiary/aromatic N) is 2. The van der Waals surface area contributed by atoms with Crippen molar-refractivity contribution in [1.29, 1.82) is 0 Å². The number of oxime groups is 1. The highest BCUT2D eigenvalue weighted by atomic mass is 16.6. The first-order valence-electron chi connectivity index (χ1n) is 8.78. The standard InChI is InChI=1S/C21H30N2O/c1-7-16(4)18-8-10-19(11-9-18)21(15(2)3)22-24-17(5)20-12-13-23(6)14-20/h7-11,15,20H,5,12-14H2,1-4,6H3/b16-7+,22-21+. The van der Waals surface area contributed by atoms with E-state index in [0.717, 1.165) is 36.5 Å². The van der Waals surface area contributed by atoms with Crippen LogP contribution in [0, 0.1) is 11.8 Å². The zero-order valence-corrected chi connectivity index (χ0v) is 15.7. The minimum absolute atomic E-state index is 0.290. The second-order valence-corrected chi connectivity index (χ2v) is 6.99. The van der Waals surface area contributed by atoms with Crippen molar-refractivity contribution in [3.8, 4) is 0 Å². The van der Waals surface area contributed by atoms with E-state index in [-0.39, 0.29) is 5.92 Å².